The van der Waals surface area contributed by atoms with Crippen LogP contribution in [0.4, 0.5) is 0 Å². The van der Waals surface area contributed by atoms with Crippen molar-refractivity contribution >= 4 is 34.2 Å². The van der Waals surface area contributed by atoms with Gasteiger partial charge in [0.2, 0.25) is 0 Å². The van der Waals surface area contributed by atoms with Crippen molar-refractivity contribution in [3.05, 3.63) is 236 Å². The van der Waals surface area contributed by atoms with Gasteiger partial charge < -0.3 is 30.4 Å². The quantitative estimate of drug-likeness (QED) is 0.137. The van der Waals surface area contributed by atoms with Crippen LogP contribution in [0.5, 0.6) is 0 Å². The number of H-pyrrole nitrogens is 4. The van der Waals surface area contributed by atoms with Crippen LogP contribution in [0.25, 0.3) is 22.3 Å². The van der Waals surface area contributed by atoms with E-state index in [-0.39, 0.29) is 0 Å². The summed E-state index contributed by atoms with van der Waals surface area (Å²) in [5.74, 6) is -1.55. The van der Waals surface area contributed by atoms with E-state index in [0.717, 1.165) is 88.7 Å². The van der Waals surface area contributed by atoms with Crippen molar-refractivity contribution < 1.29 is 14.7 Å². The molecule has 1 aliphatic heterocycles. The monoisotopic (exact) mass is 717 g/mol. The molecule has 5 heterocycles. The first-order valence-corrected chi connectivity index (χ1v) is 18.0. The van der Waals surface area contributed by atoms with Gasteiger partial charge in [-0.05, 0) is 82.9 Å². The summed E-state index contributed by atoms with van der Waals surface area (Å²) in [6, 6.07) is 55.3. The number of rotatable bonds is 7. The van der Waals surface area contributed by atoms with Gasteiger partial charge in [0.05, 0.1) is 0 Å². The number of benzene rings is 4. The van der Waals surface area contributed by atoms with Crippen molar-refractivity contribution in [1.29, 1.82) is 0 Å². The van der Waals surface area contributed by atoms with E-state index in [2.05, 4.69) is 122 Å². The second-order valence-electron chi connectivity index (χ2n) is 13.4. The molecule has 0 saturated heterocycles. The van der Waals surface area contributed by atoms with Crippen molar-refractivity contribution in [2.75, 3.05) is 6.54 Å². The van der Waals surface area contributed by atoms with Crippen LogP contribution in [0.2, 0.25) is 0 Å². The number of carboxylic acid groups (broad SMARTS) is 1. The molecule has 8 bridgehead atoms. The summed E-state index contributed by atoms with van der Waals surface area (Å²) in [5.41, 5.74) is 12.2. The molecule has 4 aromatic heterocycles. The highest BCUT2D eigenvalue weighted by atomic mass is 16.4. The van der Waals surface area contributed by atoms with E-state index < -0.39 is 18.4 Å². The molecule has 0 aliphatic carbocycles. The predicted molar refractivity (Wildman–Crippen MR) is 214 cm³/mol. The van der Waals surface area contributed by atoms with Crippen molar-refractivity contribution in [2.24, 2.45) is 0 Å². The first-order valence-electron chi connectivity index (χ1n) is 18.0. The molecule has 8 heteroatoms. The van der Waals surface area contributed by atoms with Gasteiger partial charge in [0, 0.05) is 72.0 Å². The third kappa shape index (κ3) is 6.42. The number of fused-ring (bicyclic) bond motifs is 8. The summed E-state index contributed by atoms with van der Waals surface area (Å²) in [4.78, 5) is 39.0. The molecular formula is C47H35N5O3. The maximum absolute atomic E-state index is 12.7. The second kappa shape index (κ2) is 14.1. The van der Waals surface area contributed by atoms with E-state index >= 15 is 0 Å². The molecule has 266 valence electrons. The Hall–Kier alpha value is -7.58. The smallest absolute Gasteiger partial charge is 0.322 e. The zero-order valence-corrected chi connectivity index (χ0v) is 29.6. The van der Waals surface area contributed by atoms with Crippen molar-refractivity contribution in [3.8, 4) is 0 Å². The summed E-state index contributed by atoms with van der Waals surface area (Å²) >= 11 is 0. The zero-order valence-electron chi connectivity index (χ0n) is 29.6. The number of aromatic amines is 4. The zero-order chi connectivity index (χ0) is 37.3. The fourth-order valence-corrected chi connectivity index (χ4v) is 7.43. The average Bonchev–Trinajstić information content (AvgIpc) is 4.07. The number of amides is 1. The van der Waals surface area contributed by atoms with Gasteiger partial charge in [-0.3, -0.25) is 9.59 Å². The van der Waals surface area contributed by atoms with Crippen LogP contribution in [0, 0.1) is 0 Å². The van der Waals surface area contributed by atoms with Crippen LogP contribution in [-0.2, 0) is 4.79 Å². The fourth-order valence-electron chi connectivity index (χ4n) is 7.43. The van der Waals surface area contributed by atoms with E-state index in [1.807, 2.05) is 54.6 Å². The van der Waals surface area contributed by atoms with E-state index in [4.69, 9.17) is 5.11 Å². The molecule has 8 nitrogen and oxygen atoms in total. The topological polar surface area (TPSA) is 130 Å². The normalized spacial score (nSPS) is 12.5. The van der Waals surface area contributed by atoms with Crippen LogP contribution in [0.15, 0.2) is 164 Å². The Labute approximate surface area is 315 Å². The molecule has 0 spiro atoms. The minimum Gasteiger partial charge on any atom is -0.480 e. The minimum absolute atomic E-state index is 0.370. The Morgan fingerprint density at radius 2 is 0.727 bits per heavy atom. The SMILES string of the molecule is O=C(O)CNC(=O)c1ccc(C2=c3ccc([nH]3)=C(c3ccccc3)c3ccc([nH]3)C(c3ccccc3)=c3ccc([nH]3)=C(c3ccccc3)c3ccc2[nH]3)cc1. The lowest BCUT2D eigenvalue weighted by Gasteiger charge is -2.10. The van der Waals surface area contributed by atoms with Crippen molar-refractivity contribution in [1.82, 2.24) is 25.3 Å². The predicted octanol–water partition coefficient (Wildman–Crippen LogP) is 5.12. The molecular weight excluding hydrogens is 683 g/mol. The Morgan fingerprint density at radius 1 is 0.400 bits per heavy atom. The van der Waals surface area contributed by atoms with Crippen molar-refractivity contribution in [3.63, 3.8) is 0 Å². The van der Waals surface area contributed by atoms with E-state index in [1.54, 1.807) is 12.1 Å². The minimum atomic E-state index is -1.10. The lowest BCUT2D eigenvalue weighted by Crippen LogP contribution is -2.29. The Bertz CT molecular complexity index is 2950. The summed E-state index contributed by atoms with van der Waals surface area (Å²) in [7, 11) is 0. The Balaban J connectivity index is 1.35. The molecule has 1 amide bonds. The third-order valence-corrected chi connectivity index (χ3v) is 9.92. The van der Waals surface area contributed by atoms with Crippen LogP contribution in [0.1, 0.15) is 55.4 Å². The molecule has 0 fully saturated rings. The maximum atomic E-state index is 12.7. The lowest BCUT2D eigenvalue weighted by atomic mass is 10.0. The highest BCUT2D eigenvalue weighted by Crippen LogP contribution is 2.28. The van der Waals surface area contributed by atoms with E-state index in [1.165, 1.54) is 0 Å². The highest BCUT2D eigenvalue weighted by molar-refractivity contribution is 5.96. The first kappa shape index (κ1) is 33.3. The van der Waals surface area contributed by atoms with Gasteiger partial charge in [-0.25, -0.2) is 0 Å². The molecule has 0 unspecified atom stereocenters. The van der Waals surface area contributed by atoms with Crippen LogP contribution in [0.3, 0.4) is 0 Å². The lowest BCUT2D eigenvalue weighted by molar-refractivity contribution is -0.135. The molecule has 6 N–H and O–H groups in total. The van der Waals surface area contributed by atoms with Crippen LogP contribution in [-0.4, -0.2) is 43.5 Å². The molecule has 0 radical (unpaired) electrons. The summed E-state index contributed by atoms with van der Waals surface area (Å²) < 4.78 is 0. The largest absolute Gasteiger partial charge is 0.480 e. The summed E-state index contributed by atoms with van der Waals surface area (Å²) in [6.07, 6.45) is 0. The second-order valence-corrected chi connectivity index (χ2v) is 13.4. The molecule has 9 rings (SSSR count). The number of carbonyl (C=O) groups excluding carboxylic acids is 1. The standard InChI is InChI=1S/C47H35N5O3/c53-42(54)28-48-47(55)33-18-16-32(17-19-33)46-40-26-24-38(51-40)44(30-12-6-2-7-13-30)36-22-20-34(49-36)43(29-10-4-1-5-11-29)35-21-23-37(50-35)45(31-14-8-3-9-15-31)39-25-27-41(46)52-39/h1-27,49-52H,28H2,(H,48,55)(H,53,54). The van der Waals surface area contributed by atoms with E-state index in [0.29, 0.717) is 5.56 Å². The number of hydrogen-bond acceptors (Lipinski definition) is 2. The van der Waals surface area contributed by atoms with Gasteiger partial charge in [-0.15, -0.1) is 0 Å². The third-order valence-electron chi connectivity index (χ3n) is 9.92. The first-order chi connectivity index (χ1) is 27.0. The van der Waals surface area contributed by atoms with Crippen LogP contribution < -0.4 is 26.7 Å². The highest BCUT2D eigenvalue weighted by Gasteiger charge is 2.18. The van der Waals surface area contributed by atoms with E-state index in [9.17, 15) is 9.59 Å². The van der Waals surface area contributed by atoms with Gasteiger partial charge in [-0.2, -0.15) is 0 Å². The molecule has 4 aromatic carbocycles. The van der Waals surface area contributed by atoms with Crippen LogP contribution >= 0.6 is 0 Å². The Morgan fingerprint density at radius 3 is 1.05 bits per heavy atom. The van der Waals surface area contributed by atoms with Gasteiger partial charge in [0.25, 0.3) is 5.91 Å². The number of carbonyl (C=O) groups is 2. The molecule has 0 saturated carbocycles. The van der Waals surface area contributed by atoms with Crippen molar-refractivity contribution in [2.45, 2.75) is 0 Å². The number of aromatic nitrogens is 4. The van der Waals surface area contributed by atoms with Gasteiger partial charge in [-0.1, -0.05) is 103 Å². The average molecular weight is 718 g/mol. The van der Waals surface area contributed by atoms with Gasteiger partial charge in [0.15, 0.2) is 0 Å². The van der Waals surface area contributed by atoms with Gasteiger partial charge >= 0.3 is 5.97 Å². The molecule has 8 aromatic rings. The van der Waals surface area contributed by atoms with Gasteiger partial charge in [0.1, 0.15) is 6.54 Å². The molecule has 1 aliphatic rings. The molecule has 55 heavy (non-hydrogen) atoms. The summed E-state index contributed by atoms with van der Waals surface area (Å²) in [6.45, 7) is -0.453. The molecule has 0 atom stereocenters. The number of carboxylic acids is 1. The number of hydrogen-bond donors (Lipinski definition) is 6. The number of nitrogens with one attached hydrogen (secondary N) is 5. The Kier molecular flexibility index (Phi) is 8.53. The summed E-state index contributed by atoms with van der Waals surface area (Å²) in [5, 5.41) is 15.3. The maximum Gasteiger partial charge on any atom is 0.322 e. The fraction of sp³-hybridized carbons (Fsp3) is 0.0213. The number of aliphatic carboxylic acids is 1.